The number of rotatable bonds is 6. The number of ether oxygens (including phenoxy) is 1. The quantitative estimate of drug-likeness (QED) is 0.499. The molecule has 0 saturated carbocycles. The number of anilines is 3. The molecule has 0 heterocycles. The molecule has 29 heavy (non-hydrogen) atoms. The predicted molar refractivity (Wildman–Crippen MR) is 121 cm³/mol. The standard InChI is InChI=1S/C21H21N3O3S2/c1-15-6-5-7-17(14-15)23-21(28)22-16-10-12-18(13-11-16)29(25,26)24-19-8-3-4-9-20(19)27-2/h3-14,24H,1-2H3,(H2,22,23,28). The predicted octanol–water partition coefficient (Wildman–Crippen LogP) is 4.61. The maximum Gasteiger partial charge on any atom is 0.262 e. The lowest BCUT2D eigenvalue weighted by Crippen LogP contribution is -2.19. The van der Waals surface area contributed by atoms with Crippen molar-refractivity contribution in [2.24, 2.45) is 0 Å². The molecule has 3 rings (SSSR count). The highest BCUT2D eigenvalue weighted by molar-refractivity contribution is 7.92. The van der Waals surface area contributed by atoms with E-state index in [9.17, 15) is 8.42 Å². The van der Waals surface area contributed by atoms with E-state index in [1.54, 1.807) is 36.4 Å². The van der Waals surface area contributed by atoms with Crippen molar-refractivity contribution >= 4 is 44.4 Å². The Labute approximate surface area is 176 Å². The first-order valence-corrected chi connectivity index (χ1v) is 10.7. The van der Waals surface area contributed by atoms with Crippen LogP contribution in [0.1, 0.15) is 5.56 Å². The van der Waals surface area contributed by atoms with E-state index in [0.717, 1.165) is 11.3 Å². The topological polar surface area (TPSA) is 79.5 Å². The second-order valence-electron chi connectivity index (χ2n) is 6.28. The van der Waals surface area contributed by atoms with Crippen molar-refractivity contribution in [2.45, 2.75) is 11.8 Å². The molecule has 0 unspecified atom stereocenters. The number of methoxy groups -OCH3 is 1. The fourth-order valence-electron chi connectivity index (χ4n) is 2.67. The molecule has 0 saturated heterocycles. The molecule has 0 bridgehead atoms. The summed E-state index contributed by atoms with van der Waals surface area (Å²) in [5.74, 6) is 0.446. The van der Waals surface area contributed by atoms with E-state index >= 15 is 0 Å². The molecule has 3 aromatic carbocycles. The van der Waals surface area contributed by atoms with Crippen LogP contribution in [0.3, 0.4) is 0 Å². The number of para-hydroxylation sites is 2. The van der Waals surface area contributed by atoms with Crippen molar-refractivity contribution in [2.75, 3.05) is 22.5 Å². The van der Waals surface area contributed by atoms with Crippen molar-refractivity contribution in [3.8, 4) is 5.75 Å². The number of hydrogen-bond acceptors (Lipinski definition) is 4. The van der Waals surface area contributed by atoms with Gasteiger partial charge in [-0.3, -0.25) is 4.72 Å². The lowest BCUT2D eigenvalue weighted by atomic mass is 10.2. The van der Waals surface area contributed by atoms with Crippen molar-refractivity contribution in [3.63, 3.8) is 0 Å². The van der Waals surface area contributed by atoms with Crippen molar-refractivity contribution in [1.82, 2.24) is 0 Å². The minimum atomic E-state index is -3.75. The summed E-state index contributed by atoms with van der Waals surface area (Å²) in [4.78, 5) is 0.131. The van der Waals surface area contributed by atoms with E-state index in [1.807, 2.05) is 31.2 Å². The average molecular weight is 428 g/mol. The minimum absolute atomic E-state index is 0.131. The van der Waals surface area contributed by atoms with Gasteiger partial charge in [-0.15, -0.1) is 0 Å². The third-order valence-electron chi connectivity index (χ3n) is 4.05. The molecule has 0 radical (unpaired) electrons. The Bertz CT molecular complexity index is 1110. The van der Waals surface area contributed by atoms with Crippen LogP contribution in [0.5, 0.6) is 5.75 Å². The molecule has 0 fully saturated rings. The highest BCUT2D eigenvalue weighted by Crippen LogP contribution is 2.26. The van der Waals surface area contributed by atoms with Crippen LogP contribution in [-0.2, 0) is 10.0 Å². The first-order valence-electron chi connectivity index (χ1n) is 8.78. The minimum Gasteiger partial charge on any atom is -0.495 e. The first-order chi connectivity index (χ1) is 13.9. The van der Waals surface area contributed by atoms with Crippen LogP contribution in [0.25, 0.3) is 0 Å². The normalized spacial score (nSPS) is 10.8. The third kappa shape index (κ3) is 5.46. The molecule has 0 spiro atoms. The summed E-state index contributed by atoms with van der Waals surface area (Å²) in [7, 11) is -2.26. The number of aryl methyl sites for hydroxylation is 1. The molecular formula is C21H21N3O3S2. The van der Waals surface area contributed by atoms with Gasteiger partial charge in [-0.25, -0.2) is 8.42 Å². The van der Waals surface area contributed by atoms with E-state index in [1.165, 1.54) is 19.2 Å². The van der Waals surface area contributed by atoms with Gasteiger partial charge in [0.25, 0.3) is 10.0 Å². The highest BCUT2D eigenvalue weighted by Gasteiger charge is 2.16. The summed E-state index contributed by atoms with van der Waals surface area (Å²) < 4.78 is 33.0. The molecule has 6 nitrogen and oxygen atoms in total. The average Bonchev–Trinajstić information content (AvgIpc) is 2.68. The molecule has 0 aliphatic rings. The fraction of sp³-hybridized carbons (Fsp3) is 0.0952. The number of benzene rings is 3. The zero-order valence-corrected chi connectivity index (χ0v) is 17.6. The second kappa shape index (κ2) is 8.93. The largest absolute Gasteiger partial charge is 0.495 e. The number of sulfonamides is 1. The SMILES string of the molecule is COc1ccccc1NS(=O)(=O)c1ccc(NC(=S)Nc2cccc(C)c2)cc1. The first kappa shape index (κ1) is 20.6. The highest BCUT2D eigenvalue weighted by atomic mass is 32.2. The summed E-state index contributed by atoms with van der Waals surface area (Å²) in [5.41, 5.74) is 3.05. The van der Waals surface area contributed by atoms with Crippen LogP contribution in [0.4, 0.5) is 17.1 Å². The van der Waals surface area contributed by atoms with E-state index < -0.39 is 10.0 Å². The van der Waals surface area contributed by atoms with Crippen LogP contribution in [-0.4, -0.2) is 20.6 Å². The van der Waals surface area contributed by atoms with Gasteiger partial charge < -0.3 is 15.4 Å². The van der Waals surface area contributed by atoms with Gasteiger partial charge in [0.2, 0.25) is 0 Å². The van der Waals surface area contributed by atoms with Gasteiger partial charge >= 0.3 is 0 Å². The van der Waals surface area contributed by atoms with Crippen LogP contribution in [0.15, 0.2) is 77.7 Å². The summed E-state index contributed by atoms with van der Waals surface area (Å²) in [5, 5.41) is 6.55. The lowest BCUT2D eigenvalue weighted by molar-refractivity contribution is 0.417. The second-order valence-corrected chi connectivity index (χ2v) is 8.37. The van der Waals surface area contributed by atoms with Crippen molar-refractivity contribution < 1.29 is 13.2 Å². The molecule has 0 amide bonds. The molecule has 3 N–H and O–H groups in total. The monoisotopic (exact) mass is 427 g/mol. The Morgan fingerprint density at radius 2 is 1.59 bits per heavy atom. The van der Waals surface area contributed by atoms with Gasteiger partial charge in [0.05, 0.1) is 17.7 Å². The zero-order chi connectivity index (χ0) is 20.9. The number of hydrogen-bond donors (Lipinski definition) is 3. The molecule has 8 heteroatoms. The lowest BCUT2D eigenvalue weighted by Gasteiger charge is -2.13. The summed E-state index contributed by atoms with van der Waals surface area (Å²) in [6.07, 6.45) is 0. The summed E-state index contributed by atoms with van der Waals surface area (Å²) in [6.45, 7) is 2.00. The molecule has 150 valence electrons. The van der Waals surface area contributed by atoms with Gasteiger partial charge in [-0.05, 0) is 73.2 Å². The Hall–Kier alpha value is -3.10. The van der Waals surface area contributed by atoms with Crippen LogP contribution in [0, 0.1) is 6.92 Å². The number of nitrogens with one attached hydrogen (secondary N) is 3. The molecular weight excluding hydrogens is 406 g/mol. The van der Waals surface area contributed by atoms with E-state index in [4.69, 9.17) is 17.0 Å². The molecule has 0 aliphatic heterocycles. The summed E-state index contributed by atoms with van der Waals surface area (Å²) >= 11 is 5.32. The van der Waals surface area contributed by atoms with Gasteiger partial charge in [0, 0.05) is 11.4 Å². The van der Waals surface area contributed by atoms with E-state index in [2.05, 4.69) is 15.4 Å². The Morgan fingerprint density at radius 3 is 2.28 bits per heavy atom. The van der Waals surface area contributed by atoms with Crippen molar-refractivity contribution in [1.29, 1.82) is 0 Å². The van der Waals surface area contributed by atoms with E-state index in [0.29, 0.717) is 22.2 Å². The van der Waals surface area contributed by atoms with Crippen molar-refractivity contribution in [3.05, 3.63) is 78.4 Å². The van der Waals surface area contributed by atoms with Gasteiger partial charge in [0.15, 0.2) is 5.11 Å². The maximum atomic E-state index is 12.7. The zero-order valence-electron chi connectivity index (χ0n) is 16.0. The molecule has 0 atom stereocenters. The van der Waals surface area contributed by atoms with E-state index in [-0.39, 0.29) is 4.90 Å². The Balaban J connectivity index is 1.68. The van der Waals surface area contributed by atoms with Crippen LogP contribution >= 0.6 is 12.2 Å². The van der Waals surface area contributed by atoms with Crippen LogP contribution in [0.2, 0.25) is 0 Å². The molecule has 3 aromatic rings. The van der Waals surface area contributed by atoms with Gasteiger partial charge in [-0.1, -0.05) is 24.3 Å². The maximum absolute atomic E-state index is 12.7. The van der Waals surface area contributed by atoms with Gasteiger partial charge in [0.1, 0.15) is 5.75 Å². The fourth-order valence-corrected chi connectivity index (χ4v) is 3.97. The van der Waals surface area contributed by atoms with Gasteiger partial charge in [-0.2, -0.15) is 0 Å². The molecule has 0 aliphatic carbocycles. The Morgan fingerprint density at radius 1 is 0.897 bits per heavy atom. The Kier molecular flexibility index (Phi) is 6.36. The summed E-state index contributed by atoms with van der Waals surface area (Å²) in [6, 6.07) is 21.0. The number of thiocarbonyl (C=S) groups is 1. The molecule has 0 aromatic heterocycles. The smallest absolute Gasteiger partial charge is 0.262 e. The van der Waals surface area contributed by atoms with Crippen LogP contribution < -0.4 is 20.1 Å². The third-order valence-corrected chi connectivity index (χ3v) is 5.64.